The van der Waals surface area contributed by atoms with E-state index < -0.39 is 10.0 Å². The van der Waals surface area contributed by atoms with Crippen molar-refractivity contribution in [3.8, 4) is 10.6 Å². The van der Waals surface area contributed by atoms with E-state index in [2.05, 4.69) is 15.7 Å². The van der Waals surface area contributed by atoms with Gasteiger partial charge >= 0.3 is 0 Å². The number of rotatable bonds is 6. The molecule has 10 heteroatoms. The molecule has 2 aromatic heterocycles. The topological polar surface area (TPSA) is 119 Å². The number of carbonyl (C=O) groups is 1. The molecule has 3 aromatic rings. The lowest BCUT2D eigenvalue weighted by Gasteiger charge is -2.25. The highest BCUT2D eigenvalue weighted by Crippen LogP contribution is 2.26. The van der Waals surface area contributed by atoms with Crippen molar-refractivity contribution in [3.05, 3.63) is 59.1 Å². The molecule has 1 unspecified atom stereocenters. The minimum absolute atomic E-state index is 0.0986. The number of benzene rings is 1. The summed E-state index contributed by atoms with van der Waals surface area (Å²) in [6.07, 6.45) is 0.550. The van der Waals surface area contributed by atoms with Gasteiger partial charge in [-0.1, -0.05) is 18.2 Å². The van der Waals surface area contributed by atoms with Gasteiger partial charge in [0.25, 0.3) is 5.91 Å². The molecule has 8 nitrogen and oxygen atoms in total. The zero-order valence-electron chi connectivity index (χ0n) is 14.8. The zero-order chi connectivity index (χ0) is 19.7. The summed E-state index contributed by atoms with van der Waals surface area (Å²) in [7, 11) is -3.68. The molecule has 4 rings (SSSR count). The van der Waals surface area contributed by atoms with Gasteiger partial charge in [-0.05, 0) is 41.6 Å². The van der Waals surface area contributed by atoms with E-state index in [1.807, 2.05) is 17.5 Å². The summed E-state index contributed by atoms with van der Waals surface area (Å²) in [5, 5.41) is 18.0. The average Bonchev–Trinajstić information content (AvgIpc) is 3.33. The van der Waals surface area contributed by atoms with Crippen LogP contribution in [-0.2, 0) is 16.4 Å². The lowest BCUT2D eigenvalue weighted by Crippen LogP contribution is -2.45. The Bertz CT molecular complexity index is 1090. The van der Waals surface area contributed by atoms with Crippen LogP contribution in [-0.4, -0.2) is 37.2 Å². The van der Waals surface area contributed by atoms with E-state index in [0.29, 0.717) is 25.2 Å². The Morgan fingerprint density at radius 1 is 1.29 bits per heavy atom. The molecule has 1 atom stereocenters. The van der Waals surface area contributed by atoms with E-state index in [4.69, 9.17) is 5.14 Å². The third-order valence-electron chi connectivity index (χ3n) is 4.54. The van der Waals surface area contributed by atoms with Gasteiger partial charge in [-0.3, -0.25) is 10.1 Å². The third kappa shape index (κ3) is 3.85. The molecule has 1 aliphatic heterocycles. The second-order valence-electron chi connectivity index (χ2n) is 6.46. The summed E-state index contributed by atoms with van der Waals surface area (Å²) in [4.78, 5) is 13.3. The van der Waals surface area contributed by atoms with Crippen LogP contribution < -0.4 is 15.8 Å². The Morgan fingerprint density at radius 3 is 2.75 bits per heavy atom. The number of amides is 1. The van der Waals surface area contributed by atoms with Crippen LogP contribution in [0.15, 0.2) is 52.7 Å². The molecule has 1 aliphatic rings. The summed E-state index contributed by atoms with van der Waals surface area (Å²) in [6, 6.07) is 12.2. The molecule has 28 heavy (non-hydrogen) atoms. The largest absolute Gasteiger partial charge is 0.347 e. The summed E-state index contributed by atoms with van der Waals surface area (Å²) in [5.74, 6) is -0.132. The fourth-order valence-electron chi connectivity index (χ4n) is 3.10. The van der Waals surface area contributed by atoms with Gasteiger partial charge in [-0.25, -0.2) is 18.2 Å². The molecule has 0 saturated carbocycles. The molecule has 4 N–H and O–H groups in total. The molecule has 146 valence electrons. The Labute approximate surface area is 166 Å². The minimum atomic E-state index is -3.68. The first kappa shape index (κ1) is 18.8. The predicted octanol–water partition coefficient (Wildman–Crippen LogP) is 1.33. The van der Waals surface area contributed by atoms with Gasteiger partial charge in [0, 0.05) is 6.54 Å². The Morgan fingerprint density at radius 2 is 2.07 bits per heavy atom. The summed E-state index contributed by atoms with van der Waals surface area (Å²) < 4.78 is 24.4. The highest BCUT2D eigenvalue weighted by Gasteiger charge is 2.27. The van der Waals surface area contributed by atoms with Gasteiger partial charge in [0.2, 0.25) is 10.0 Å². The predicted molar refractivity (Wildman–Crippen MR) is 106 cm³/mol. The highest BCUT2D eigenvalue weighted by atomic mass is 32.2. The van der Waals surface area contributed by atoms with E-state index in [-0.39, 0.29) is 17.0 Å². The van der Waals surface area contributed by atoms with E-state index in [9.17, 15) is 13.2 Å². The van der Waals surface area contributed by atoms with Gasteiger partial charge in [0.1, 0.15) is 17.6 Å². The Kier molecular flexibility index (Phi) is 5.02. The number of nitrogens with one attached hydrogen (secondary N) is 2. The molecule has 0 fully saturated rings. The molecular formula is C18H19N5O3S2. The molecule has 1 amide bonds. The van der Waals surface area contributed by atoms with Crippen LogP contribution in [0.1, 0.15) is 22.2 Å². The van der Waals surface area contributed by atoms with Gasteiger partial charge in [-0.2, -0.15) is 5.10 Å². The molecule has 0 saturated heterocycles. The number of nitrogens with two attached hydrogens (primary N) is 1. The molecule has 0 bridgehead atoms. The van der Waals surface area contributed by atoms with Gasteiger partial charge in [-0.15, -0.1) is 11.3 Å². The van der Waals surface area contributed by atoms with Crippen molar-refractivity contribution in [2.24, 2.45) is 5.14 Å². The van der Waals surface area contributed by atoms with Crippen LogP contribution in [0, 0.1) is 0 Å². The van der Waals surface area contributed by atoms with Crippen LogP contribution in [0.5, 0.6) is 0 Å². The Balaban J connectivity index is 1.44. The van der Waals surface area contributed by atoms with Crippen LogP contribution in [0.4, 0.5) is 0 Å². The standard InChI is InChI=1S/C18H19N5O3S2/c19-28(25,26)13-5-3-12(4-6-13)7-8-20-17-11-21-18(24)15-10-14(22-23(15)17)16-2-1-9-27-16/h1-6,9-10,17,20H,7-8,11H2,(H,21,24)(H2,19,25,26). The van der Waals surface area contributed by atoms with E-state index in [1.54, 1.807) is 34.2 Å². The highest BCUT2D eigenvalue weighted by molar-refractivity contribution is 7.89. The van der Waals surface area contributed by atoms with Crippen LogP contribution in [0.3, 0.4) is 0 Å². The number of sulfonamides is 1. The maximum absolute atomic E-state index is 12.2. The second-order valence-corrected chi connectivity index (χ2v) is 8.96. The minimum Gasteiger partial charge on any atom is -0.347 e. The van der Waals surface area contributed by atoms with Crippen molar-refractivity contribution in [2.75, 3.05) is 13.1 Å². The van der Waals surface area contributed by atoms with E-state index in [1.165, 1.54) is 12.1 Å². The normalized spacial score (nSPS) is 16.6. The third-order valence-corrected chi connectivity index (χ3v) is 6.36. The SMILES string of the molecule is NS(=O)(=O)c1ccc(CCNC2CNC(=O)c3cc(-c4cccs4)nn32)cc1. The maximum atomic E-state index is 12.2. The molecule has 0 spiro atoms. The number of primary sulfonamides is 1. The lowest BCUT2D eigenvalue weighted by molar-refractivity contribution is 0.0900. The quantitative estimate of drug-likeness (QED) is 0.559. The number of thiophene rings is 1. The molecule has 0 radical (unpaired) electrons. The summed E-state index contributed by atoms with van der Waals surface area (Å²) in [5.41, 5.74) is 2.30. The molecule has 3 heterocycles. The lowest BCUT2D eigenvalue weighted by atomic mass is 10.1. The van der Waals surface area contributed by atoms with Gasteiger partial charge < -0.3 is 5.32 Å². The summed E-state index contributed by atoms with van der Waals surface area (Å²) in [6.45, 7) is 1.09. The first-order chi connectivity index (χ1) is 13.4. The van der Waals surface area contributed by atoms with Gasteiger partial charge in [0.15, 0.2) is 0 Å². The molecular weight excluding hydrogens is 398 g/mol. The smallest absolute Gasteiger partial charge is 0.269 e. The van der Waals surface area contributed by atoms with Crippen LogP contribution in [0.2, 0.25) is 0 Å². The number of carbonyl (C=O) groups excluding carboxylic acids is 1. The van der Waals surface area contributed by atoms with Crippen molar-refractivity contribution in [3.63, 3.8) is 0 Å². The van der Waals surface area contributed by atoms with E-state index in [0.717, 1.165) is 16.1 Å². The molecule has 0 aliphatic carbocycles. The molecule has 1 aromatic carbocycles. The van der Waals surface area contributed by atoms with Crippen molar-refractivity contribution in [2.45, 2.75) is 17.5 Å². The monoisotopic (exact) mass is 417 g/mol. The van der Waals surface area contributed by atoms with Crippen LogP contribution >= 0.6 is 11.3 Å². The Hall–Kier alpha value is -2.53. The van der Waals surface area contributed by atoms with E-state index >= 15 is 0 Å². The number of nitrogens with zero attached hydrogens (tertiary/aromatic N) is 2. The van der Waals surface area contributed by atoms with Crippen LogP contribution in [0.25, 0.3) is 10.6 Å². The summed E-state index contributed by atoms with van der Waals surface area (Å²) >= 11 is 1.58. The first-order valence-corrected chi connectivity index (χ1v) is 11.1. The first-order valence-electron chi connectivity index (χ1n) is 8.68. The fourth-order valence-corrected chi connectivity index (χ4v) is 4.30. The second kappa shape index (κ2) is 7.47. The van der Waals surface area contributed by atoms with Crippen molar-refractivity contribution in [1.82, 2.24) is 20.4 Å². The van der Waals surface area contributed by atoms with Crippen molar-refractivity contribution >= 4 is 27.3 Å². The maximum Gasteiger partial charge on any atom is 0.269 e. The zero-order valence-corrected chi connectivity index (χ0v) is 16.5. The average molecular weight is 418 g/mol. The van der Waals surface area contributed by atoms with Gasteiger partial charge in [0.05, 0.1) is 16.3 Å². The van der Waals surface area contributed by atoms with Crippen molar-refractivity contribution < 1.29 is 13.2 Å². The number of hydrogen-bond acceptors (Lipinski definition) is 6. The number of fused-ring (bicyclic) bond motifs is 1. The van der Waals surface area contributed by atoms with Crippen molar-refractivity contribution in [1.29, 1.82) is 0 Å². The number of aromatic nitrogens is 2. The number of hydrogen-bond donors (Lipinski definition) is 3. The fraction of sp³-hybridized carbons (Fsp3) is 0.222.